The summed E-state index contributed by atoms with van der Waals surface area (Å²) in [6.45, 7) is 3.58. The van der Waals surface area contributed by atoms with Gasteiger partial charge in [-0.05, 0) is 30.7 Å². The van der Waals surface area contributed by atoms with Gasteiger partial charge in [0.2, 0.25) is 15.9 Å². The number of carbonyl (C=O) groups excluding carboxylic acids is 1. The molecule has 2 N–H and O–H groups in total. The quantitative estimate of drug-likeness (QED) is 0.822. The van der Waals surface area contributed by atoms with E-state index in [9.17, 15) is 17.6 Å². The van der Waals surface area contributed by atoms with Crippen LogP contribution in [0.3, 0.4) is 0 Å². The number of rotatable bonds is 4. The van der Waals surface area contributed by atoms with Crippen LogP contribution in [-0.2, 0) is 20.6 Å². The molecule has 6 nitrogen and oxygen atoms in total. The lowest BCUT2D eigenvalue weighted by Crippen LogP contribution is -2.60. The van der Waals surface area contributed by atoms with Crippen LogP contribution in [0, 0.1) is 11.7 Å². The molecule has 0 aliphatic carbocycles. The number of carbonyl (C=O) groups is 1. The first-order valence-electron chi connectivity index (χ1n) is 8.02. The third-order valence-corrected chi connectivity index (χ3v) is 6.65. The molecule has 2 atom stereocenters. The van der Waals surface area contributed by atoms with Crippen LogP contribution in [0.15, 0.2) is 24.3 Å². The summed E-state index contributed by atoms with van der Waals surface area (Å²) in [6, 6.07) is 5.50. The van der Waals surface area contributed by atoms with Crippen molar-refractivity contribution in [1.82, 2.24) is 14.9 Å². The van der Waals surface area contributed by atoms with Gasteiger partial charge in [0.25, 0.3) is 0 Å². The van der Waals surface area contributed by atoms with Crippen molar-refractivity contribution in [1.29, 1.82) is 0 Å². The largest absolute Gasteiger partial charge is 0.349 e. The number of hydrogen-bond donors (Lipinski definition) is 2. The fourth-order valence-corrected chi connectivity index (χ4v) is 5.34. The minimum Gasteiger partial charge on any atom is -0.349 e. The van der Waals surface area contributed by atoms with Gasteiger partial charge in [0, 0.05) is 32.5 Å². The molecular weight excluding hydrogens is 333 g/mol. The van der Waals surface area contributed by atoms with Crippen molar-refractivity contribution in [3.8, 4) is 0 Å². The Morgan fingerprint density at radius 1 is 1.42 bits per heavy atom. The van der Waals surface area contributed by atoms with Crippen molar-refractivity contribution in [2.24, 2.45) is 5.92 Å². The van der Waals surface area contributed by atoms with E-state index in [0.29, 0.717) is 31.6 Å². The van der Waals surface area contributed by atoms with E-state index in [2.05, 4.69) is 10.6 Å². The summed E-state index contributed by atoms with van der Waals surface area (Å²) in [5.41, 5.74) is 0.0606. The van der Waals surface area contributed by atoms with Gasteiger partial charge in [-0.2, -0.15) is 4.31 Å². The fourth-order valence-electron chi connectivity index (χ4n) is 3.71. The van der Waals surface area contributed by atoms with E-state index in [0.717, 1.165) is 6.54 Å². The number of nitrogens with zero attached hydrogens (tertiary/aromatic N) is 1. The highest BCUT2D eigenvalue weighted by atomic mass is 32.2. The van der Waals surface area contributed by atoms with Gasteiger partial charge in [-0.3, -0.25) is 4.79 Å². The van der Waals surface area contributed by atoms with Crippen LogP contribution in [0.5, 0.6) is 0 Å². The summed E-state index contributed by atoms with van der Waals surface area (Å²) in [4.78, 5) is 11.6. The summed E-state index contributed by atoms with van der Waals surface area (Å²) < 4.78 is 40.0. The van der Waals surface area contributed by atoms with Crippen molar-refractivity contribution in [2.45, 2.75) is 24.6 Å². The lowest BCUT2D eigenvalue weighted by atomic mass is 9.81. The Balaban J connectivity index is 1.79. The molecule has 1 amide bonds. The van der Waals surface area contributed by atoms with Crippen LogP contribution in [0.25, 0.3) is 0 Å². The Labute approximate surface area is 141 Å². The number of amides is 1. The number of piperidine rings is 1. The minimum atomic E-state index is -3.53. The van der Waals surface area contributed by atoms with Crippen LogP contribution in [-0.4, -0.2) is 50.3 Å². The van der Waals surface area contributed by atoms with E-state index in [1.165, 1.54) is 35.5 Å². The third-order valence-electron chi connectivity index (χ3n) is 4.88. The van der Waals surface area contributed by atoms with E-state index in [1.54, 1.807) is 0 Å². The molecule has 2 saturated heterocycles. The van der Waals surface area contributed by atoms with Crippen LogP contribution in [0.2, 0.25) is 0 Å². The molecule has 1 aromatic rings. The second-order valence-electron chi connectivity index (χ2n) is 6.66. The van der Waals surface area contributed by atoms with E-state index in [1.807, 2.05) is 0 Å². The summed E-state index contributed by atoms with van der Waals surface area (Å²) in [7, 11) is -3.53. The molecule has 0 spiro atoms. The van der Waals surface area contributed by atoms with E-state index in [-0.39, 0.29) is 23.4 Å². The molecule has 0 radical (unpaired) electrons. The van der Waals surface area contributed by atoms with Gasteiger partial charge < -0.3 is 10.6 Å². The number of benzene rings is 1. The molecule has 24 heavy (non-hydrogen) atoms. The minimum absolute atomic E-state index is 0.0538. The molecule has 0 unspecified atom stereocenters. The monoisotopic (exact) mass is 355 g/mol. The summed E-state index contributed by atoms with van der Waals surface area (Å²) in [5, 5.41) is 6.26. The van der Waals surface area contributed by atoms with E-state index >= 15 is 0 Å². The fraction of sp³-hybridized carbons (Fsp3) is 0.562. The summed E-state index contributed by atoms with van der Waals surface area (Å²) in [6.07, 6.45) is 0.708. The number of hydrogen-bond acceptors (Lipinski definition) is 4. The van der Waals surface area contributed by atoms with Gasteiger partial charge in [-0.15, -0.1) is 0 Å². The summed E-state index contributed by atoms with van der Waals surface area (Å²) >= 11 is 0. The molecular formula is C16H22FN3O3S. The maximum Gasteiger partial charge on any atom is 0.218 e. The van der Waals surface area contributed by atoms with Gasteiger partial charge in [-0.25, -0.2) is 12.8 Å². The number of fused-ring (bicyclic) bond motifs is 1. The molecule has 1 aromatic carbocycles. The molecule has 0 bridgehead atoms. The molecule has 8 heteroatoms. The normalized spacial score (nSPS) is 27.7. The zero-order valence-electron chi connectivity index (χ0n) is 13.6. The third kappa shape index (κ3) is 3.45. The van der Waals surface area contributed by atoms with Gasteiger partial charge in [0.15, 0.2) is 0 Å². The number of sulfonamides is 1. The van der Waals surface area contributed by atoms with Gasteiger partial charge in [0.1, 0.15) is 5.82 Å². The second-order valence-corrected chi connectivity index (χ2v) is 8.63. The zero-order chi connectivity index (χ0) is 17.4. The highest BCUT2D eigenvalue weighted by Gasteiger charge is 2.51. The molecule has 2 aliphatic heterocycles. The average molecular weight is 355 g/mol. The smallest absolute Gasteiger partial charge is 0.218 e. The molecule has 0 aromatic heterocycles. The van der Waals surface area contributed by atoms with Crippen molar-refractivity contribution in [3.63, 3.8) is 0 Å². The Bertz CT molecular complexity index is 723. The maximum absolute atomic E-state index is 13.0. The van der Waals surface area contributed by atoms with Crippen molar-refractivity contribution >= 4 is 15.9 Å². The summed E-state index contributed by atoms with van der Waals surface area (Å²) in [5.74, 6) is -0.638. The van der Waals surface area contributed by atoms with Crippen LogP contribution < -0.4 is 10.6 Å². The highest BCUT2D eigenvalue weighted by Crippen LogP contribution is 2.35. The average Bonchev–Trinajstić information content (AvgIpc) is 2.88. The zero-order valence-corrected chi connectivity index (χ0v) is 14.4. The highest BCUT2D eigenvalue weighted by molar-refractivity contribution is 7.88. The van der Waals surface area contributed by atoms with Crippen LogP contribution in [0.4, 0.5) is 4.39 Å². The Morgan fingerprint density at radius 2 is 2.12 bits per heavy atom. The van der Waals surface area contributed by atoms with Gasteiger partial charge in [-0.1, -0.05) is 12.1 Å². The lowest BCUT2D eigenvalue weighted by molar-refractivity contribution is -0.121. The molecule has 2 fully saturated rings. The second kappa shape index (κ2) is 6.42. The maximum atomic E-state index is 13.0. The predicted molar refractivity (Wildman–Crippen MR) is 88.1 cm³/mol. The van der Waals surface area contributed by atoms with Crippen molar-refractivity contribution in [2.75, 3.05) is 26.2 Å². The molecule has 3 rings (SSSR count). The van der Waals surface area contributed by atoms with Crippen molar-refractivity contribution < 1.29 is 17.6 Å². The Morgan fingerprint density at radius 3 is 2.79 bits per heavy atom. The number of halogens is 1. The van der Waals surface area contributed by atoms with Gasteiger partial charge in [0.05, 0.1) is 11.3 Å². The first kappa shape index (κ1) is 17.3. The lowest BCUT2D eigenvalue weighted by Gasteiger charge is -2.39. The van der Waals surface area contributed by atoms with E-state index < -0.39 is 15.6 Å². The number of nitrogens with one attached hydrogen (secondary N) is 2. The first-order valence-corrected chi connectivity index (χ1v) is 9.63. The Hall–Kier alpha value is -1.51. The van der Waals surface area contributed by atoms with E-state index in [4.69, 9.17) is 0 Å². The van der Waals surface area contributed by atoms with Crippen LogP contribution >= 0.6 is 0 Å². The first-order chi connectivity index (χ1) is 11.3. The molecule has 2 heterocycles. The molecule has 132 valence electrons. The van der Waals surface area contributed by atoms with Crippen molar-refractivity contribution in [3.05, 3.63) is 35.6 Å². The predicted octanol–water partition coefficient (Wildman–Crippen LogP) is 0.456. The topological polar surface area (TPSA) is 78.5 Å². The molecule has 0 saturated carbocycles. The van der Waals surface area contributed by atoms with Gasteiger partial charge >= 0.3 is 0 Å². The SMILES string of the molecule is CC(=O)N[C@@]12CCNC[C@@H]1CN(S(=O)(=O)Cc1ccc(F)cc1)C2. The van der Waals surface area contributed by atoms with Crippen LogP contribution in [0.1, 0.15) is 18.9 Å². The Kier molecular flexibility index (Phi) is 4.63. The standard InChI is InChI=1S/C16H22FN3O3S/c1-12(21)19-16-6-7-18-8-14(16)9-20(11-16)24(22,23)10-13-2-4-15(17)5-3-13/h2-5,14,18H,6-11H2,1H3,(H,19,21)/t14-,16-/m1/s1. The molecule has 2 aliphatic rings.